The van der Waals surface area contributed by atoms with Crippen molar-refractivity contribution >= 4 is 33.6 Å². The van der Waals surface area contributed by atoms with Gasteiger partial charge in [-0.15, -0.1) is 0 Å². The highest BCUT2D eigenvalue weighted by Gasteiger charge is 2.39. The largest absolute Gasteiger partial charge is 0.379 e. The summed E-state index contributed by atoms with van der Waals surface area (Å²) in [6.07, 6.45) is 0.544. The maximum Gasteiger partial charge on any atom is 0.253 e. The number of halogens is 1. The number of aliphatic hydroxyl groups is 1. The molecule has 1 unspecified atom stereocenters. The molecule has 0 aliphatic carbocycles. The first-order chi connectivity index (χ1) is 8.10. The van der Waals surface area contributed by atoms with Gasteiger partial charge in [0.25, 0.3) is 5.91 Å². The minimum atomic E-state index is -1.17. The minimum absolute atomic E-state index is 0.262. The van der Waals surface area contributed by atoms with Crippen molar-refractivity contribution in [2.75, 3.05) is 11.5 Å². The van der Waals surface area contributed by atoms with Gasteiger partial charge in [-0.2, -0.15) is 11.8 Å². The van der Waals surface area contributed by atoms with Crippen molar-refractivity contribution in [1.29, 1.82) is 0 Å². The van der Waals surface area contributed by atoms with E-state index in [4.69, 9.17) is 0 Å². The van der Waals surface area contributed by atoms with Gasteiger partial charge in [0, 0.05) is 16.8 Å². The summed E-state index contributed by atoms with van der Waals surface area (Å²) >= 11 is 5.00. The maximum atomic E-state index is 11.8. The maximum absolute atomic E-state index is 11.8. The Labute approximate surface area is 113 Å². The molecule has 3 nitrogen and oxygen atoms in total. The van der Waals surface area contributed by atoms with E-state index in [9.17, 15) is 9.90 Å². The topological polar surface area (TPSA) is 49.3 Å². The summed E-state index contributed by atoms with van der Waals surface area (Å²) in [5, 5.41) is 12.8. The molecule has 2 N–H and O–H groups in total. The second-order valence-electron chi connectivity index (χ2n) is 4.15. The molecule has 0 aromatic heterocycles. The highest BCUT2D eigenvalue weighted by molar-refractivity contribution is 9.10. The van der Waals surface area contributed by atoms with Gasteiger partial charge in [-0.3, -0.25) is 4.79 Å². The van der Waals surface area contributed by atoms with Crippen LogP contribution in [0.15, 0.2) is 28.7 Å². The van der Waals surface area contributed by atoms with Crippen LogP contribution in [0.3, 0.4) is 0 Å². The van der Waals surface area contributed by atoms with Crippen LogP contribution in [0.5, 0.6) is 0 Å². The first-order valence-corrected chi connectivity index (χ1v) is 7.38. The fourth-order valence-electron chi connectivity index (χ4n) is 1.73. The van der Waals surface area contributed by atoms with Gasteiger partial charge < -0.3 is 10.4 Å². The molecule has 1 aromatic rings. The molecule has 92 valence electrons. The predicted molar refractivity (Wildman–Crippen MR) is 72.9 cm³/mol. The van der Waals surface area contributed by atoms with Crippen LogP contribution in [-0.2, 0) is 11.3 Å². The van der Waals surface area contributed by atoms with E-state index in [-0.39, 0.29) is 5.91 Å². The smallest absolute Gasteiger partial charge is 0.253 e. The standard InChI is InChI=1S/C12H14BrNO2S/c13-10-3-1-2-9(6-10)7-14-11(15)12(16)4-5-17-8-12/h1-3,6,16H,4-5,7-8H2,(H,14,15). The molecule has 1 aliphatic rings. The Hall–Kier alpha value is -0.520. The summed E-state index contributed by atoms with van der Waals surface area (Å²) < 4.78 is 0.986. The summed E-state index contributed by atoms with van der Waals surface area (Å²) in [4.78, 5) is 11.8. The third kappa shape index (κ3) is 3.24. The van der Waals surface area contributed by atoms with E-state index in [0.717, 1.165) is 15.8 Å². The van der Waals surface area contributed by atoms with E-state index in [0.29, 0.717) is 18.7 Å². The summed E-state index contributed by atoms with van der Waals surface area (Å²) in [5.41, 5.74) is -0.154. The van der Waals surface area contributed by atoms with Crippen molar-refractivity contribution in [3.8, 4) is 0 Å². The fourth-order valence-corrected chi connectivity index (χ4v) is 3.41. The number of nitrogens with one attached hydrogen (secondary N) is 1. The second kappa shape index (κ2) is 5.42. The van der Waals surface area contributed by atoms with Crippen molar-refractivity contribution in [2.24, 2.45) is 0 Å². The molecule has 1 amide bonds. The van der Waals surface area contributed by atoms with Gasteiger partial charge in [0.2, 0.25) is 0 Å². The third-order valence-corrected chi connectivity index (χ3v) is 4.43. The lowest BCUT2D eigenvalue weighted by Gasteiger charge is -2.20. The molecule has 0 radical (unpaired) electrons. The zero-order valence-electron chi connectivity index (χ0n) is 9.28. The SMILES string of the molecule is O=C(NCc1cccc(Br)c1)C1(O)CCSC1. The second-order valence-corrected chi connectivity index (χ2v) is 6.17. The van der Waals surface area contributed by atoms with Crippen molar-refractivity contribution in [3.05, 3.63) is 34.3 Å². The molecule has 0 spiro atoms. The number of hydrogen-bond acceptors (Lipinski definition) is 3. The molecule has 17 heavy (non-hydrogen) atoms. The molecule has 1 heterocycles. The third-order valence-electron chi connectivity index (χ3n) is 2.77. The molecule has 0 saturated carbocycles. The fraction of sp³-hybridized carbons (Fsp3) is 0.417. The van der Waals surface area contributed by atoms with Gasteiger partial charge in [0.1, 0.15) is 0 Å². The van der Waals surface area contributed by atoms with E-state index < -0.39 is 5.60 Å². The monoisotopic (exact) mass is 315 g/mol. The lowest BCUT2D eigenvalue weighted by atomic mass is 10.0. The normalized spacial score (nSPS) is 23.6. The summed E-state index contributed by atoms with van der Waals surface area (Å²) in [7, 11) is 0. The molecule has 1 aliphatic heterocycles. The minimum Gasteiger partial charge on any atom is -0.379 e. The molecule has 1 fully saturated rings. The van der Waals surface area contributed by atoms with Crippen molar-refractivity contribution in [2.45, 2.75) is 18.6 Å². The number of hydrogen-bond donors (Lipinski definition) is 2. The average Bonchev–Trinajstić information content (AvgIpc) is 2.74. The van der Waals surface area contributed by atoms with Crippen LogP contribution in [0, 0.1) is 0 Å². The van der Waals surface area contributed by atoms with E-state index in [1.54, 1.807) is 11.8 Å². The van der Waals surface area contributed by atoms with Crippen LogP contribution in [-0.4, -0.2) is 28.1 Å². The molecule has 1 aromatic carbocycles. The molecule has 1 atom stereocenters. The molecule has 0 bridgehead atoms. The lowest BCUT2D eigenvalue weighted by Crippen LogP contribution is -2.46. The molecule has 1 saturated heterocycles. The van der Waals surface area contributed by atoms with Crippen LogP contribution in [0.2, 0.25) is 0 Å². The van der Waals surface area contributed by atoms with Crippen molar-refractivity contribution < 1.29 is 9.90 Å². The number of carbonyl (C=O) groups excluding carboxylic acids is 1. The van der Waals surface area contributed by atoms with Gasteiger partial charge in [0.05, 0.1) is 0 Å². The highest BCUT2D eigenvalue weighted by atomic mass is 79.9. The average molecular weight is 316 g/mol. The van der Waals surface area contributed by atoms with Gasteiger partial charge in [-0.1, -0.05) is 28.1 Å². The van der Waals surface area contributed by atoms with E-state index in [1.807, 2.05) is 24.3 Å². The van der Waals surface area contributed by atoms with Crippen molar-refractivity contribution in [3.63, 3.8) is 0 Å². The van der Waals surface area contributed by atoms with E-state index >= 15 is 0 Å². The number of carbonyl (C=O) groups is 1. The number of amides is 1. The zero-order valence-corrected chi connectivity index (χ0v) is 11.7. The van der Waals surface area contributed by atoms with E-state index in [1.165, 1.54) is 0 Å². The Kier molecular flexibility index (Phi) is 4.12. The highest BCUT2D eigenvalue weighted by Crippen LogP contribution is 2.27. The number of rotatable bonds is 3. The zero-order chi connectivity index (χ0) is 12.3. The Bertz CT molecular complexity index is 419. The Morgan fingerprint density at radius 1 is 1.59 bits per heavy atom. The Morgan fingerprint density at radius 3 is 3.06 bits per heavy atom. The van der Waals surface area contributed by atoms with Crippen LogP contribution < -0.4 is 5.32 Å². The number of benzene rings is 1. The predicted octanol–water partition coefficient (Wildman–Crippen LogP) is 1.93. The van der Waals surface area contributed by atoms with Gasteiger partial charge >= 0.3 is 0 Å². The van der Waals surface area contributed by atoms with Crippen LogP contribution in [0.1, 0.15) is 12.0 Å². The van der Waals surface area contributed by atoms with Crippen LogP contribution in [0.25, 0.3) is 0 Å². The Morgan fingerprint density at radius 2 is 2.41 bits per heavy atom. The van der Waals surface area contributed by atoms with Crippen LogP contribution >= 0.6 is 27.7 Å². The van der Waals surface area contributed by atoms with Gasteiger partial charge in [0.15, 0.2) is 5.60 Å². The van der Waals surface area contributed by atoms with Crippen LogP contribution in [0.4, 0.5) is 0 Å². The molecular formula is C12H14BrNO2S. The first kappa shape index (κ1) is 12.9. The molecule has 2 rings (SSSR count). The van der Waals surface area contributed by atoms with E-state index in [2.05, 4.69) is 21.2 Å². The Balaban J connectivity index is 1.92. The quantitative estimate of drug-likeness (QED) is 0.896. The molecule has 5 heteroatoms. The molecular weight excluding hydrogens is 302 g/mol. The first-order valence-electron chi connectivity index (χ1n) is 5.43. The van der Waals surface area contributed by atoms with Gasteiger partial charge in [-0.05, 0) is 29.9 Å². The summed E-state index contributed by atoms with van der Waals surface area (Å²) in [6.45, 7) is 0.450. The van der Waals surface area contributed by atoms with Gasteiger partial charge in [-0.25, -0.2) is 0 Å². The lowest BCUT2D eigenvalue weighted by molar-refractivity contribution is -0.137. The summed E-state index contributed by atoms with van der Waals surface area (Å²) in [5.74, 6) is 1.08. The van der Waals surface area contributed by atoms with Crippen molar-refractivity contribution in [1.82, 2.24) is 5.32 Å². The number of thioether (sulfide) groups is 1. The summed E-state index contributed by atoms with van der Waals surface area (Å²) in [6, 6.07) is 7.75.